The van der Waals surface area contributed by atoms with Crippen molar-refractivity contribution in [2.24, 2.45) is 0 Å². The number of nitrogens with zero attached hydrogens (tertiary/aromatic N) is 2. The van der Waals surface area contributed by atoms with Crippen molar-refractivity contribution in [3.05, 3.63) is 53.5 Å². The molecule has 1 N–H and O–H groups in total. The third kappa shape index (κ3) is 1.62. The molecule has 0 aliphatic rings. The molecule has 3 rings (SSSR count). The highest BCUT2D eigenvalue weighted by molar-refractivity contribution is 5.94. The Hall–Kier alpha value is -2.36. The van der Waals surface area contributed by atoms with Crippen molar-refractivity contribution < 1.29 is 4.79 Å². The number of carbonyl (C=O) groups is 1. The van der Waals surface area contributed by atoms with Gasteiger partial charge in [-0.05, 0) is 12.5 Å². The van der Waals surface area contributed by atoms with E-state index in [2.05, 4.69) is 26.7 Å². The average molecular weight is 239 g/mol. The van der Waals surface area contributed by atoms with Gasteiger partial charge in [0.15, 0.2) is 11.9 Å². The first-order chi connectivity index (χ1) is 8.79. The van der Waals surface area contributed by atoms with Gasteiger partial charge in [-0.25, -0.2) is 4.98 Å². The zero-order valence-corrected chi connectivity index (χ0v) is 10.1. The van der Waals surface area contributed by atoms with Crippen molar-refractivity contribution in [3.8, 4) is 0 Å². The molecule has 2 aromatic heterocycles. The standard InChI is InChI=1S/C14H13N3O/c1-10-16-14-13(12(9-18)7-15-14)17(10)8-11-5-3-2-4-6-11/h2-7,9,15H,8H2,1H3. The van der Waals surface area contributed by atoms with E-state index in [1.54, 1.807) is 6.20 Å². The van der Waals surface area contributed by atoms with Crippen LogP contribution in [0.1, 0.15) is 21.7 Å². The smallest absolute Gasteiger partial charge is 0.156 e. The Balaban J connectivity index is 2.13. The van der Waals surface area contributed by atoms with E-state index in [4.69, 9.17) is 0 Å². The van der Waals surface area contributed by atoms with Gasteiger partial charge < -0.3 is 9.55 Å². The number of imidazole rings is 1. The number of hydrogen-bond donors (Lipinski definition) is 1. The fourth-order valence-corrected chi connectivity index (χ4v) is 2.22. The van der Waals surface area contributed by atoms with Gasteiger partial charge >= 0.3 is 0 Å². The maximum Gasteiger partial charge on any atom is 0.156 e. The van der Waals surface area contributed by atoms with Gasteiger partial charge in [-0.1, -0.05) is 30.3 Å². The molecule has 18 heavy (non-hydrogen) atoms. The largest absolute Gasteiger partial charge is 0.344 e. The van der Waals surface area contributed by atoms with Crippen LogP contribution in [0.25, 0.3) is 11.2 Å². The van der Waals surface area contributed by atoms with Crippen LogP contribution < -0.4 is 0 Å². The van der Waals surface area contributed by atoms with E-state index in [1.807, 2.05) is 25.1 Å². The summed E-state index contributed by atoms with van der Waals surface area (Å²) >= 11 is 0. The SMILES string of the molecule is Cc1nc2[nH]cc(C=O)c2n1Cc1ccccc1. The van der Waals surface area contributed by atoms with Crippen molar-refractivity contribution >= 4 is 17.5 Å². The van der Waals surface area contributed by atoms with E-state index in [0.717, 1.165) is 29.8 Å². The van der Waals surface area contributed by atoms with Gasteiger partial charge in [-0.15, -0.1) is 0 Å². The number of carbonyl (C=O) groups excluding carboxylic acids is 1. The summed E-state index contributed by atoms with van der Waals surface area (Å²) in [5.74, 6) is 0.906. The number of fused-ring (bicyclic) bond motifs is 1. The molecule has 4 heteroatoms. The molecule has 90 valence electrons. The molecule has 3 aromatic rings. The maximum atomic E-state index is 11.0. The van der Waals surface area contributed by atoms with Gasteiger partial charge in [-0.3, -0.25) is 4.79 Å². The van der Waals surface area contributed by atoms with Crippen LogP contribution in [0.2, 0.25) is 0 Å². The predicted octanol–water partition coefficient (Wildman–Crippen LogP) is 2.53. The minimum Gasteiger partial charge on any atom is -0.344 e. The summed E-state index contributed by atoms with van der Waals surface area (Å²) in [6.45, 7) is 2.67. The molecule has 0 fully saturated rings. The summed E-state index contributed by atoms with van der Waals surface area (Å²) in [5.41, 5.74) is 3.50. The molecule has 4 nitrogen and oxygen atoms in total. The van der Waals surface area contributed by atoms with Crippen LogP contribution in [-0.2, 0) is 6.54 Å². The fourth-order valence-electron chi connectivity index (χ4n) is 2.22. The molecule has 0 unspecified atom stereocenters. The third-order valence-electron chi connectivity index (χ3n) is 3.11. The Morgan fingerprint density at radius 3 is 2.83 bits per heavy atom. The van der Waals surface area contributed by atoms with Crippen molar-refractivity contribution in [1.82, 2.24) is 14.5 Å². The van der Waals surface area contributed by atoms with Crippen LogP contribution in [0.3, 0.4) is 0 Å². The average Bonchev–Trinajstić information content (AvgIpc) is 2.91. The molecule has 1 aromatic carbocycles. The Bertz CT molecular complexity index is 694. The highest BCUT2D eigenvalue weighted by atomic mass is 16.1. The first kappa shape index (κ1) is 10.8. The molecule has 0 amide bonds. The Kier molecular flexibility index (Phi) is 2.48. The lowest BCUT2D eigenvalue weighted by Gasteiger charge is -2.06. The number of hydrogen-bond acceptors (Lipinski definition) is 2. The second kappa shape index (κ2) is 4.14. The zero-order valence-electron chi connectivity index (χ0n) is 10.1. The second-order valence-corrected chi connectivity index (χ2v) is 4.29. The van der Waals surface area contributed by atoms with Crippen LogP contribution in [-0.4, -0.2) is 20.8 Å². The Morgan fingerprint density at radius 2 is 2.11 bits per heavy atom. The Morgan fingerprint density at radius 1 is 1.33 bits per heavy atom. The lowest BCUT2D eigenvalue weighted by Crippen LogP contribution is -2.02. The van der Waals surface area contributed by atoms with E-state index in [0.29, 0.717) is 5.56 Å². The van der Waals surface area contributed by atoms with Crippen molar-refractivity contribution in [2.45, 2.75) is 13.5 Å². The molecule has 0 saturated heterocycles. The fraction of sp³-hybridized carbons (Fsp3) is 0.143. The van der Waals surface area contributed by atoms with Crippen molar-refractivity contribution in [3.63, 3.8) is 0 Å². The number of H-pyrrole nitrogens is 1. The first-order valence-electron chi connectivity index (χ1n) is 5.83. The molecular formula is C14H13N3O. The van der Waals surface area contributed by atoms with E-state index in [9.17, 15) is 4.79 Å². The number of rotatable bonds is 3. The van der Waals surface area contributed by atoms with E-state index >= 15 is 0 Å². The molecule has 0 aliphatic carbocycles. The number of nitrogens with one attached hydrogen (secondary N) is 1. The number of aromatic amines is 1. The van der Waals surface area contributed by atoms with Crippen LogP contribution in [0.4, 0.5) is 0 Å². The quantitative estimate of drug-likeness (QED) is 0.714. The molecule has 0 bridgehead atoms. The highest BCUT2D eigenvalue weighted by Gasteiger charge is 2.13. The monoisotopic (exact) mass is 239 g/mol. The number of aromatic nitrogens is 3. The summed E-state index contributed by atoms with van der Waals surface area (Å²) in [7, 11) is 0. The van der Waals surface area contributed by atoms with Gasteiger partial charge in [0.05, 0.1) is 11.1 Å². The van der Waals surface area contributed by atoms with Gasteiger partial charge in [0.2, 0.25) is 0 Å². The van der Waals surface area contributed by atoms with Crippen molar-refractivity contribution in [1.29, 1.82) is 0 Å². The van der Waals surface area contributed by atoms with Crippen LogP contribution in [0.15, 0.2) is 36.5 Å². The first-order valence-corrected chi connectivity index (χ1v) is 5.83. The van der Waals surface area contributed by atoms with Gasteiger partial charge in [0.25, 0.3) is 0 Å². The predicted molar refractivity (Wildman–Crippen MR) is 69.8 cm³/mol. The molecular weight excluding hydrogens is 226 g/mol. The number of aryl methyl sites for hydroxylation is 1. The molecule has 0 aliphatic heterocycles. The molecule has 0 radical (unpaired) electrons. The van der Waals surface area contributed by atoms with Crippen LogP contribution in [0.5, 0.6) is 0 Å². The van der Waals surface area contributed by atoms with Crippen LogP contribution >= 0.6 is 0 Å². The molecule has 0 saturated carbocycles. The summed E-state index contributed by atoms with van der Waals surface area (Å²) < 4.78 is 2.06. The zero-order chi connectivity index (χ0) is 12.5. The number of benzene rings is 1. The third-order valence-corrected chi connectivity index (χ3v) is 3.11. The van der Waals surface area contributed by atoms with Gasteiger partial charge in [0, 0.05) is 12.7 Å². The molecule has 0 atom stereocenters. The Labute approximate surface area is 104 Å². The maximum absolute atomic E-state index is 11.0. The number of aldehydes is 1. The van der Waals surface area contributed by atoms with E-state index < -0.39 is 0 Å². The lowest BCUT2D eigenvalue weighted by molar-refractivity contribution is 0.112. The van der Waals surface area contributed by atoms with E-state index in [1.165, 1.54) is 5.56 Å². The van der Waals surface area contributed by atoms with Gasteiger partial charge in [0.1, 0.15) is 5.82 Å². The minimum absolute atomic E-state index is 0.654. The minimum atomic E-state index is 0.654. The highest BCUT2D eigenvalue weighted by Crippen LogP contribution is 2.19. The van der Waals surface area contributed by atoms with Crippen LogP contribution in [0, 0.1) is 6.92 Å². The molecule has 0 spiro atoms. The molecule has 2 heterocycles. The summed E-state index contributed by atoms with van der Waals surface area (Å²) in [6.07, 6.45) is 2.56. The second-order valence-electron chi connectivity index (χ2n) is 4.29. The summed E-state index contributed by atoms with van der Waals surface area (Å²) in [5, 5.41) is 0. The summed E-state index contributed by atoms with van der Waals surface area (Å²) in [6, 6.07) is 10.1. The topological polar surface area (TPSA) is 50.7 Å². The normalized spacial score (nSPS) is 10.9. The van der Waals surface area contributed by atoms with Gasteiger partial charge in [-0.2, -0.15) is 0 Å². The van der Waals surface area contributed by atoms with E-state index in [-0.39, 0.29) is 0 Å². The van der Waals surface area contributed by atoms with Crippen molar-refractivity contribution in [2.75, 3.05) is 0 Å². The lowest BCUT2D eigenvalue weighted by atomic mass is 10.2. The summed E-state index contributed by atoms with van der Waals surface area (Å²) in [4.78, 5) is 18.5.